The molecule has 4 heteroatoms. The van der Waals surface area contributed by atoms with Crippen molar-refractivity contribution in [2.75, 3.05) is 24.6 Å². The molecule has 1 fully saturated rings. The van der Waals surface area contributed by atoms with Crippen molar-refractivity contribution in [2.24, 2.45) is 23.7 Å². The Labute approximate surface area is 125 Å². The van der Waals surface area contributed by atoms with Gasteiger partial charge in [-0.3, -0.25) is 0 Å². The SMILES string of the molecule is CCNCC1CCC(C(C)C)CC1CCS(=O)(=O)CC. The number of sulfone groups is 1. The Bertz CT molecular complexity index is 365. The average Bonchev–Trinajstić information content (AvgIpc) is 2.43. The van der Waals surface area contributed by atoms with Gasteiger partial charge >= 0.3 is 0 Å². The zero-order valence-electron chi connectivity index (χ0n) is 13.7. The lowest BCUT2D eigenvalue weighted by molar-refractivity contribution is 0.142. The molecule has 1 aliphatic rings. The van der Waals surface area contributed by atoms with Gasteiger partial charge in [0.2, 0.25) is 0 Å². The molecule has 0 aromatic heterocycles. The second-order valence-corrected chi connectivity index (χ2v) is 9.14. The minimum Gasteiger partial charge on any atom is -0.317 e. The minimum absolute atomic E-state index is 0.283. The van der Waals surface area contributed by atoms with E-state index in [4.69, 9.17) is 0 Å². The maximum absolute atomic E-state index is 11.8. The highest BCUT2D eigenvalue weighted by molar-refractivity contribution is 7.91. The van der Waals surface area contributed by atoms with Crippen LogP contribution in [0.2, 0.25) is 0 Å². The molecule has 0 aromatic carbocycles. The fourth-order valence-corrected chi connectivity index (χ4v) is 4.35. The van der Waals surface area contributed by atoms with Gasteiger partial charge in [0.15, 0.2) is 0 Å². The average molecular weight is 304 g/mol. The number of hydrogen-bond acceptors (Lipinski definition) is 3. The first-order valence-electron chi connectivity index (χ1n) is 8.30. The highest BCUT2D eigenvalue weighted by Crippen LogP contribution is 2.39. The van der Waals surface area contributed by atoms with E-state index in [1.807, 2.05) is 0 Å². The van der Waals surface area contributed by atoms with Crippen molar-refractivity contribution in [1.82, 2.24) is 5.32 Å². The smallest absolute Gasteiger partial charge is 0.150 e. The molecule has 1 saturated carbocycles. The Kier molecular flexibility index (Phi) is 7.52. The van der Waals surface area contributed by atoms with E-state index in [9.17, 15) is 8.42 Å². The molecular weight excluding hydrogens is 270 g/mol. The summed E-state index contributed by atoms with van der Waals surface area (Å²) >= 11 is 0. The predicted molar refractivity (Wildman–Crippen MR) is 86.6 cm³/mol. The molecule has 20 heavy (non-hydrogen) atoms. The van der Waals surface area contributed by atoms with Gasteiger partial charge < -0.3 is 5.32 Å². The van der Waals surface area contributed by atoms with Gasteiger partial charge in [-0.2, -0.15) is 0 Å². The van der Waals surface area contributed by atoms with Gasteiger partial charge in [0, 0.05) is 5.75 Å². The van der Waals surface area contributed by atoms with E-state index in [0.29, 0.717) is 17.6 Å². The van der Waals surface area contributed by atoms with Crippen LogP contribution in [0, 0.1) is 23.7 Å². The molecule has 1 rings (SSSR count). The van der Waals surface area contributed by atoms with Gasteiger partial charge in [-0.15, -0.1) is 0 Å². The maximum atomic E-state index is 11.8. The van der Waals surface area contributed by atoms with E-state index in [0.717, 1.165) is 31.3 Å². The number of hydrogen-bond donors (Lipinski definition) is 1. The van der Waals surface area contributed by atoms with Crippen LogP contribution in [0.1, 0.15) is 53.4 Å². The van der Waals surface area contributed by atoms with Crippen LogP contribution >= 0.6 is 0 Å². The van der Waals surface area contributed by atoms with Gasteiger partial charge in [-0.05, 0) is 62.4 Å². The van der Waals surface area contributed by atoms with E-state index >= 15 is 0 Å². The summed E-state index contributed by atoms with van der Waals surface area (Å²) < 4.78 is 23.5. The largest absolute Gasteiger partial charge is 0.317 e. The third-order valence-corrected chi connectivity index (χ3v) is 6.76. The molecule has 3 nitrogen and oxygen atoms in total. The highest BCUT2D eigenvalue weighted by atomic mass is 32.2. The van der Waals surface area contributed by atoms with E-state index in [1.54, 1.807) is 6.92 Å². The first-order valence-corrected chi connectivity index (χ1v) is 10.1. The Morgan fingerprint density at radius 3 is 2.40 bits per heavy atom. The van der Waals surface area contributed by atoms with Gasteiger partial charge in [-0.25, -0.2) is 8.42 Å². The topological polar surface area (TPSA) is 46.2 Å². The second kappa shape index (κ2) is 8.38. The lowest BCUT2D eigenvalue weighted by atomic mass is 9.69. The summed E-state index contributed by atoms with van der Waals surface area (Å²) in [5, 5.41) is 3.45. The van der Waals surface area contributed by atoms with Crippen molar-refractivity contribution in [2.45, 2.75) is 53.4 Å². The lowest BCUT2D eigenvalue weighted by Gasteiger charge is -2.38. The van der Waals surface area contributed by atoms with E-state index in [1.165, 1.54) is 19.3 Å². The molecule has 0 amide bonds. The standard InChI is InChI=1S/C16H33NO2S/c1-5-17-12-16-8-7-14(13(3)4)11-15(16)9-10-20(18,19)6-2/h13-17H,5-12H2,1-4H3. The molecule has 0 spiro atoms. The van der Waals surface area contributed by atoms with Crippen LogP contribution < -0.4 is 5.32 Å². The second-order valence-electron chi connectivity index (χ2n) is 6.67. The van der Waals surface area contributed by atoms with E-state index in [2.05, 4.69) is 26.1 Å². The monoisotopic (exact) mass is 303 g/mol. The van der Waals surface area contributed by atoms with Crippen LogP contribution in [0.5, 0.6) is 0 Å². The van der Waals surface area contributed by atoms with E-state index in [-0.39, 0.29) is 5.75 Å². The van der Waals surface area contributed by atoms with Crippen LogP contribution in [0.3, 0.4) is 0 Å². The number of nitrogens with one attached hydrogen (secondary N) is 1. The molecule has 0 saturated heterocycles. The van der Waals surface area contributed by atoms with Crippen LogP contribution in [-0.2, 0) is 9.84 Å². The fourth-order valence-electron chi connectivity index (χ4n) is 3.40. The lowest BCUT2D eigenvalue weighted by Crippen LogP contribution is -2.35. The Balaban J connectivity index is 2.61. The van der Waals surface area contributed by atoms with E-state index < -0.39 is 9.84 Å². The summed E-state index contributed by atoms with van der Waals surface area (Å²) in [7, 11) is -2.82. The first kappa shape index (κ1) is 18.0. The normalized spacial score (nSPS) is 27.9. The van der Waals surface area contributed by atoms with Gasteiger partial charge in [-0.1, -0.05) is 27.7 Å². The zero-order chi connectivity index (χ0) is 15.2. The molecule has 120 valence electrons. The van der Waals surface area contributed by atoms with Crippen LogP contribution in [0.15, 0.2) is 0 Å². The maximum Gasteiger partial charge on any atom is 0.150 e. The summed E-state index contributed by atoms with van der Waals surface area (Å²) in [6.07, 6.45) is 4.64. The third-order valence-electron chi connectivity index (χ3n) is 5.02. The van der Waals surface area contributed by atoms with Crippen molar-refractivity contribution < 1.29 is 8.42 Å². The summed E-state index contributed by atoms with van der Waals surface area (Å²) in [5.41, 5.74) is 0. The van der Waals surface area contributed by atoms with Crippen molar-refractivity contribution in [3.63, 3.8) is 0 Å². The van der Waals surface area contributed by atoms with Crippen molar-refractivity contribution in [3.05, 3.63) is 0 Å². The van der Waals surface area contributed by atoms with Gasteiger partial charge in [0.25, 0.3) is 0 Å². The summed E-state index contributed by atoms with van der Waals surface area (Å²) in [6.45, 7) is 10.5. The molecular formula is C16H33NO2S. The Morgan fingerprint density at radius 1 is 1.15 bits per heavy atom. The first-order chi connectivity index (χ1) is 9.39. The summed E-state index contributed by atoms with van der Waals surface area (Å²) in [5.74, 6) is 3.41. The molecule has 1 N–H and O–H groups in total. The molecule has 3 atom stereocenters. The van der Waals surface area contributed by atoms with Gasteiger partial charge in [0.1, 0.15) is 9.84 Å². The summed E-state index contributed by atoms with van der Waals surface area (Å²) in [6, 6.07) is 0. The molecule has 0 heterocycles. The third kappa shape index (κ3) is 5.72. The van der Waals surface area contributed by atoms with Crippen molar-refractivity contribution in [3.8, 4) is 0 Å². The van der Waals surface area contributed by atoms with Crippen LogP contribution in [0.25, 0.3) is 0 Å². The minimum atomic E-state index is -2.82. The Morgan fingerprint density at radius 2 is 1.85 bits per heavy atom. The molecule has 0 radical (unpaired) electrons. The molecule has 0 aliphatic heterocycles. The molecule has 0 bridgehead atoms. The zero-order valence-corrected chi connectivity index (χ0v) is 14.5. The number of rotatable bonds is 8. The van der Waals surface area contributed by atoms with Crippen molar-refractivity contribution >= 4 is 9.84 Å². The van der Waals surface area contributed by atoms with Crippen molar-refractivity contribution in [1.29, 1.82) is 0 Å². The van der Waals surface area contributed by atoms with Crippen LogP contribution in [-0.4, -0.2) is 33.0 Å². The molecule has 3 unspecified atom stereocenters. The summed E-state index contributed by atoms with van der Waals surface area (Å²) in [4.78, 5) is 0. The highest BCUT2D eigenvalue weighted by Gasteiger charge is 2.31. The quantitative estimate of drug-likeness (QED) is 0.749. The fraction of sp³-hybridized carbons (Fsp3) is 1.00. The predicted octanol–water partition coefficient (Wildman–Crippen LogP) is 3.11. The Hall–Kier alpha value is -0.0900. The van der Waals surface area contributed by atoms with Crippen LogP contribution in [0.4, 0.5) is 0 Å². The molecule has 1 aliphatic carbocycles. The molecule has 0 aromatic rings. The van der Waals surface area contributed by atoms with Gasteiger partial charge in [0.05, 0.1) is 5.75 Å².